The molecule has 2 N–H and O–H groups in total. The number of nitrogens with two attached hydrogens (primary N) is 1. The number of ether oxygens (including phenoxy) is 1. The van der Waals surface area contributed by atoms with Gasteiger partial charge in [0.1, 0.15) is 5.75 Å². The van der Waals surface area contributed by atoms with Crippen LogP contribution in [0.15, 0.2) is 12.1 Å². The van der Waals surface area contributed by atoms with Gasteiger partial charge in [0.15, 0.2) is 0 Å². The molecule has 0 radical (unpaired) electrons. The molecular weight excluding hydrogens is 174 g/mol. The molecule has 1 aromatic carbocycles. The normalized spacial score (nSPS) is 23.9. The second-order valence-electron chi connectivity index (χ2n) is 4.21. The summed E-state index contributed by atoms with van der Waals surface area (Å²) in [5, 5.41) is 0. The molecule has 0 aromatic heterocycles. The molecule has 74 valence electrons. The Morgan fingerprint density at radius 1 is 1.29 bits per heavy atom. The zero-order valence-electron chi connectivity index (χ0n) is 8.25. The Hall–Kier alpha value is -1.02. The number of benzene rings is 1. The van der Waals surface area contributed by atoms with Gasteiger partial charge in [-0.25, -0.2) is 0 Å². The standard InChI is InChI=1S/C12H15NO/c13-10-3-1-2-8-4-5-11-9(12(8)10)6-7-14-11/h4-5,10H,1-3,6-7,13H2/t10-/m0/s1. The number of hydrogen-bond acceptors (Lipinski definition) is 2. The largest absolute Gasteiger partial charge is 0.493 e. The van der Waals surface area contributed by atoms with Crippen LogP contribution in [-0.4, -0.2) is 6.61 Å². The van der Waals surface area contributed by atoms with Crippen LogP contribution in [0, 0.1) is 0 Å². The number of hydrogen-bond donors (Lipinski definition) is 1. The van der Waals surface area contributed by atoms with E-state index in [0.29, 0.717) is 0 Å². The predicted octanol–water partition coefficient (Wildman–Crippen LogP) is 1.96. The Morgan fingerprint density at radius 2 is 2.21 bits per heavy atom. The van der Waals surface area contributed by atoms with Gasteiger partial charge >= 0.3 is 0 Å². The molecule has 1 atom stereocenters. The molecule has 0 fully saturated rings. The lowest BCUT2D eigenvalue weighted by Crippen LogP contribution is -2.19. The zero-order valence-corrected chi connectivity index (χ0v) is 8.25. The molecular formula is C12H15NO. The minimum atomic E-state index is 0.246. The summed E-state index contributed by atoms with van der Waals surface area (Å²) in [5.41, 5.74) is 10.4. The van der Waals surface area contributed by atoms with Crippen LogP contribution in [0.3, 0.4) is 0 Å². The van der Waals surface area contributed by atoms with Crippen molar-refractivity contribution in [3.63, 3.8) is 0 Å². The van der Waals surface area contributed by atoms with Crippen LogP contribution < -0.4 is 10.5 Å². The molecule has 3 rings (SSSR count). The monoisotopic (exact) mass is 189 g/mol. The van der Waals surface area contributed by atoms with E-state index in [0.717, 1.165) is 25.2 Å². The summed E-state index contributed by atoms with van der Waals surface area (Å²) in [5.74, 6) is 1.07. The van der Waals surface area contributed by atoms with Crippen molar-refractivity contribution in [1.29, 1.82) is 0 Å². The number of aryl methyl sites for hydroxylation is 1. The van der Waals surface area contributed by atoms with Gasteiger partial charge in [-0.1, -0.05) is 6.07 Å². The SMILES string of the molecule is N[C@H]1CCCc2ccc3c(c21)CCO3. The first-order chi connectivity index (χ1) is 6.86. The first-order valence-electron chi connectivity index (χ1n) is 5.39. The van der Waals surface area contributed by atoms with Gasteiger partial charge in [0.2, 0.25) is 0 Å². The summed E-state index contributed by atoms with van der Waals surface area (Å²) < 4.78 is 5.56. The van der Waals surface area contributed by atoms with Crippen molar-refractivity contribution in [3.8, 4) is 5.75 Å². The summed E-state index contributed by atoms with van der Waals surface area (Å²) in [6.45, 7) is 0.832. The second-order valence-corrected chi connectivity index (χ2v) is 4.21. The third kappa shape index (κ3) is 1.07. The molecule has 0 saturated carbocycles. The summed E-state index contributed by atoms with van der Waals surface area (Å²) >= 11 is 0. The Kier molecular flexibility index (Phi) is 1.77. The first kappa shape index (κ1) is 8.30. The maximum Gasteiger partial charge on any atom is 0.122 e. The highest BCUT2D eigenvalue weighted by Gasteiger charge is 2.25. The third-order valence-corrected chi connectivity index (χ3v) is 3.35. The van der Waals surface area contributed by atoms with Crippen molar-refractivity contribution in [2.75, 3.05) is 6.61 Å². The van der Waals surface area contributed by atoms with Crippen molar-refractivity contribution in [3.05, 3.63) is 28.8 Å². The summed E-state index contributed by atoms with van der Waals surface area (Å²) in [4.78, 5) is 0. The fourth-order valence-electron chi connectivity index (χ4n) is 2.69. The highest BCUT2D eigenvalue weighted by atomic mass is 16.5. The van der Waals surface area contributed by atoms with E-state index in [9.17, 15) is 0 Å². The highest BCUT2D eigenvalue weighted by Crippen LogP contribution is 2.38. The smallest absolute Gasteiger partial charge is 0.122 e. The molecule has 1 aliphatic carbocycles. The first-order valence-corrected chi connectivity index (χ1v) is 5.39. The van der Waals surface area contributed by atoms with Crippen LogP contribution in [0.25, 0.3) is 0 Å². The quantitative estimate of drug-likeness (QED) is 0.677. The summed E-state index contributed by atoms with van der Waals surface area (Å²) in [7, 11) is 0. The van der Waals surface area contributed by atoms with Gasteiger partial charge in [-0.15, -0.1) is 0 Å². The molecule has 0 spiro atoms. The van der Waals surface area contributed by atoms with E-state index in [1.165, 1.54) is 29.5 Å². The predicted molar refractivity (Wildman–Crippen MR) is 55.5 cm³/mol. The van der Waals surface area contributed by atoms with E-state index in [2.05, 4.69) is 12.1 Å². The Labute approximate surface area is 84.1 Å². The molecule has 2 heteroatoms. The van der Waals surface area contributed by atoms with Gasteiger partial charge in [-0.3, -0.25) is 0 Å². The van der Waals surface area contributed by atoms with E-state index in [-0.39, 0.29) is 6.04 Å². The molecule has 0 amide bonds. The number of rotatable bonds is 0. The van der Waals surface area contributed by atoms with Gasteiger partial charge in [0.05, 0.1) is 6.61 Å². The van der Waals surface area contributed by atoms with Crippen LogP contribution in [0.2, 0.25) is 0 Å². The fourth-order valence-corrected chi connectivity index (χ4v) is 2.69. The zero-order chi connectivity index (χ0) is 9.54. The average Bonchev–Trinajstić information content (AvgIpc) is 2.65. The van der Waals surface area contributed by atoms with E-state index in [4.69, 9.17) is 10.5 Å². The molecule has 1 aliphatic heterocycles. The van der Waals surface area contributed by atoms with Crippen LogP contribution in [0.1, 0.15) is 35.6 Å². The lowest BCUT2D eigenvalue weighted by Gasteiger charge is -2.24. The molecule has 2 nitrogen and oxygen atoms in total. The van der Waals surface area contributed by atoms with Gasteiger partial charge < -0.3 is 10.5 Å². The van der Waals surface area contributed by atoms with Crippen LogP contribution >= 0.6 is 0 Å². The molecule has 0 unspecified atom stereocenters. The lowest BCUT2D eigenvalue weighted by atomic mass is 9.84. The summed E-state index contributed by atoms with van der Waals surface area (Å²) in [6.07, 6.45) is 4.60. The third-order valence-electron chi connectivity index (χ3n) is 3.35. The highest BCUT2D eigenvalue weighted by molar-refractivity contribution is 5.49. The van der Waals surface area contributed by atoms with E-state index in [1.807, 2.05) is 0 Å². The van der Waals surface area contributed by atoms with Gasteiger partial charge in [0, 0.05) is 18.0 Å². The maximum absolute atomic E-state index is 6.16. The van der Waals surface area contributed by atoms with Crippen molar-refractivity contribution in [1.82, 2.24) is 0 Å². The van der Waals surface area contributed by atoms with Crippen molar-refractivity contribution >= 4 is 0 Å². The van der Waals surface area contributed by atoms with E-state index in [1.54, 1.807) is 0 Å². The molecule has 0 bridgehead atoms. The number of fused-ring (bicyclic) bond motifs is 3. The average molecular weight is 189 g/mol. The molecule has 2 aliphatic rings. The molecule has 1 aromatic rings. The van der Waals surface area contributed by atoms with Gasteiger partial charge in [0.25, 0.3) is 0 Å². The fraction of sp³-hybridized carbons (Fsp3) is 0.500. The molecule has 0 saturated heterocycles. The van der Waals surface area contributed by atoms with Crippen LogP contribution in [0.5, 0.6) is 5.75 Å². The van der Waals surface area contributed by atoms with Crippen molar-refractivity contribution < 1.29 is 4.74 Å². The second kappa shape index (κ2) is 2.99. The van der Waals surface area contributed by atoms with Crippen molar-refractivity contribution in [2.45, 2.75) is 31.7 Å². The van der Waals surface area contributed by atoms with Gasteiger partial charge in [-0.2, -0.15) is 0 Å². The molecule has 14 heavy (non-hydrogen) atoms. The van der Waals surface area contributed by atoms with E-state index < -0.39 is 0 Å². The Bertz CT molecular complexity index is 373. The summed E-state index contributed by atoms with van der Waals surface area (Å²) in [6, 6.07) is 4.55. The molecule has 1 heterocycles. The minimum absolute atomic E-state index is 0.246. The topological polar surface area (TPSA) is 35.2 Å². The van der Waals surface area contributed by atoms with Crippen LogP contribution in [-0.2, 0) is 12.8 Å². The minimum Gasteiger partial charge on any atom is -0.493 e. The maximum atomic E-state index is 6.16. The van der Waals surface area contributed by atoms with E-state index >= 15 is 0 Å². The Balaban J connectivity index is 2.19. The lowest BCUT2D eigenvalue weighted by molar-refractivity contribution is 0.356. The van der Waals surface area contributed by atoms with Crippen LogP contribution in [0.4, 0.5) is 0 Å². The van der Waals surface area contributed by atoms with Gasteiger partial charge in [-0.05, 0) is 36.5 Å². The Morgan fingerprint density at radius 3 is 3.14 bits per heavy atom. The van der Waals surface area contributed by atoms with Crippen molar-refractivity contribution in [2.24, 2.45) is 5.73 Å².